The first-order chi connectivity index (χ1) is 9.72. The molecule has 0 bridgehead atoms. The molecule has 1 aromatic rings. The second-order valence-corrected chi connectivity index (χ2v) is 6.39. The van der Waals surface area contributed by atoms with Gasteiger partial charge in [0.1, 0.15) is 0 Å². The van der Waals surface area contributed by atoms with Crippen molar-refractivity contribution in [2.75, 3.05) is 13.2 Å². The fraction of sp³-hybridized carbons (Fsp3) is 0.533. The summed E-state index contributed by atoms with van der Waals surface area (Å²) < 4.78 is 5.83. The first-order valence-corrected chi connectivity index (χ1v) is 7.94. The van der Waals surface area contributed by atoms with Crippen LogP contribution in [0.25, 0.3) is 6.08 Å². The normalized spacial score (nSPS) is 27.0. The molecule has 2 atom stereocenters. The van der Waals surface area contributed by atoms with Gasteiger partial charge in [-0.15, -0.1) is 11.3 Å². The van der Waals surface area contributed by atoms with Gasteiger partial charge in [-0.2, -0.15) is 0 Å². The average molecular weight is 293 g/mol. The van der Waals surface area contributed by atoms with E-state index < -0.39 is 5.97 Å². The lowest BCUT2D eigenvalue weighted by Gasteiger charge is -2.37. The van der Waals surface area contributed by atoms with Gasteiger partial charge in [0.25, 0.3) is 0 Å². The molecule has 108 valence electrons. The quantitative estimate of drug-likeness (QED) is 0.867. The molecule has 0 amide bonds. The molecule has 0 spiro atoms. The topological polar surface area (TPSA) is 49.8 Å². The van der Waals surface area contributed by atoms with E-state index in [9.17, 15) is 4.79 Å². The Kier molecular flexibility index (Phi) is 4.19. The lowest BCUT2D eigenvalue weighted by Crippen LogP contribution is -2.47. The zero-order valence-electron chi connectivity index (χ0n) is 11.3. The van der Waals surface area contributed by atoms with Gasteiger partial charge in [0.15, 0.2) is 0 Å². The maximum absolute atomic E-state index is 10.5. The second kappa shape index (κ2) is 6.08. The van der Waals surface area contributed by atoms with Crippen molar-refractivity contribution in [3.8, 4) is 0 Å². The number of hydrogen-bond acceptors (Lipinski definition) is 4. The molecule has 1 aliphatic carbocycles. The van der Waals surface area contributed by atoms with Gasteiger partial charge in [-0.25, -0.2) is 4.79 Å². The van der Waals surface area contributed by atoms with Crippen molar-refractivity contribution in [2.24, 2.45) is 0 Å². The largest absolute Gasteiger partial charge is 0.478 e. The van der Waals surface area contributed by atoms with Crippen LogP contribution in [0.5, 0.6) is 0 Å². The molecule has 1 N–H and O–H groups in total. The number of carboxylic acids is 1. The van der Waals surface area contributed by atoms with Crippen LogP contribution < -0.4 is 0 Å². The van der Waals surface area contributed by atoms with Gasteiger partial charge in [0.05, 0.1) is 12.7 Å². The van der Waals surface area contributed by atoms with E-state index in [0.717, 1.165) is 25.3 Å². The molecule has 1 aliphatic heterocycles. The highest BCUT2D eigenvalue weighted by Gasteiger charge is 2.35. The molecule has 0 radical (unpaired) electrons. The van der Waals surface area contributed by atoms with Crippen molar-refractivity contribution in [3.05, 3.63) is 28.0 Å². The zero-order chi connectivity index (χ0) is 13.9. The fourth-order valence-electron chi connectivity index (χ4n) is 3.14. The molecule has 2 unspecified atom stereocenters. The highest BCUT2D eigenvalue weighted by atomic mass is 32.1. The number of ether oxygens (including phenoxy) is 1. The van der Waals surface area contributed by atoms with Crippen LogP contribution in [0.1, 0.15) is 29.7 Å². The summed E-state index contributed by atoms with van der Waals surface area (Å²) in [5.74, 6) is -0.903. The van der Waals surface area contributed by atoms with Crippen LogP contribution in [0, 0.1) is 0 Å². The van der Waals surface area contributed by atoms with Gasteiger partial charge in [-0.05, 0) is 42.3 Å². The number of hydrogen-bond donors (Lipinski definition) is 1. The summed E-state index contributed by atoms with van der Waals surface area (Å²) in [6.07, 6.45) is 6.96. The summed E-state index contributed by atoms with van der Waals surface area (Å²) in [6, 6.07) is 2.66. The van der Waals surface area contributed by atoms with Gasteiger partial charge in [0.2, 0.25) is 0 Å². The van der Waals surface area contributed by atoms with Crippen molar-refractivity contribution in [3.63, 3.8) is 0 Å². The zero-order valence-corrected chi connectivity index (χ0v) is 12.1. The number of fused-ring (bicyclic) bond motifs is 1. The Morgan fingerprint density at radius 3 is 3.30 bits per heavy atom. The maximum Gasteiger partial charge on any atom is 0.328 e. The van der Waals surface area contributed by atoms with E-state index in [1.807, 2.05) is 5.38 Å². The highest BCUT2D eigenvalue weighted by Crippen LogP contribution is 2.31. The summed E-state index contributed by atoms with van der Waals surface area (Å²) in [6.45, 7) is 2.79. The number of morpholine rings is 1. The van der Waals surface area contributed by atoms with Gasteiger partial charge in [-0.1, -0.05) is 0 Å². The molecular formula is C15H19NO3S. The number of carbonyl (C=O) groups is 1. The van der Waals surface area contributed by atoms with E-state index in [1.165, 1.54) is 30.2 Å². The molecule has 0 aromatic carbocycles. The smallest absolute Gasteiger partial charge is 0.328 e. The van der Waals surface area contributed by atoms with Crippen molar-refractivity contribution in [1.29, 1.82) is 0 Å². The number of aliphatic carboxylic acids is 1. The van der Waals surface area contributed by atoms with Crippen LogP contribution in [0.2, 0.25) is 0 Å². The van der Waals surface area contributed by atoms with E-state index in [2.05, 4.69) is 11.0 Å². The summed E-state index contributed by atoms with van der Waals surface area (Å²) in [5.41, 5.74) is 0.976. The molecule has 5 heteroatoms. The standard InChI is InChI=1S/C15H19NO3S/c17-15(18)5-4-11-8-12(20-10-11)9-16-6-7-19-14-3-1-2-13(14)16/h4-5,8,10,13-14H,1-3,6-7,9H2,(H,17,18). The Hall–Kier alpha value is -1.17. The first-order valence-electron chi connectivity index (χ1n) is 7.06. The van der Waals surface area contributed by atoms with Crippen LogP contribution in [0.4, 0.5) is 0 Å². The van der Waals surface area contributed by atoms with Crippen LogP contribution in [0.15, 0.2) is 17.5 Å². The minimum Gasteiger partial charge on any atom is -0.478 e. The van der Waals surface area contributed by atoms with Gasteiger partial charge < -0.3 is 9.84 Å². The SMILES string of the molecule is O=C(O)C=Cc1csc(CN2CCOC3CCCC32)c1. The number of rotatable bonds is 4. The Morgan fingerprint density at radius 1 is 1.55 bits per heavy atom. The monoisotopic (exact) mass is 293 g/mol. The number of thiophene rings is 1. The van der Waals surface area contributed by atoms with Gasteiger partial charge >= 0.3 is 5.97 Å². The summed E-state index contributed by atoms with van der Waals surface area (Å²) in [4.78, 5) is 14.3. The first kappa shape index (κ1) is 13.8. The van der Waals surface area contributed by atoms with E-state index in [-0.39, 0.29) is 0 Å². The van der Waals surface area contributed by atoms with Crippen LogP contribution in [-0.4, -0.2) is 41.3 Å². The van der Waals surface area contributed by atoms with Crippen LogP contribution in [-0.2, 0) is 16.1 Å². The maximum atomic E-state index is 10.5. The lowest BCUT2D eigenvalue weighted by molar-refractivity contribution is -0.131. The Bertz CT molecular complexity index is 511. The van der Waals surface area contributed by atoms with E-state index in [0.29, 0.717) is 12.1 Å². The number of carboxylic acid groups (broad SMARTS) is 1. The van der Waals surface area contributed by atoms with E-state index in [1.54, 1.807) is 17.4 Å². The Labute approximate surface area is 122 Å². The van der Waals surface area contributed by atoms with Crippen LogP contribution in [0.3, 0.4) is 0 Å². The summed E-state index contributed by atoms with van der Waals surface area (Å²) in [7, 11) is 0. The predicted molar refractivity (Wildman–Crippen MR) is 78.8 cm³/mol. The molecule has 2 fully saturated rings. The second-order valence-electron chi connectivity index (χ2n) is 5.40. The minimum absolute atomic E-state index is 0.426. The molecule has 2 heterocycles. The molecule has 4 nitrogen and oxygen atoms in total. The molecule has 20 heavy (non-hydrogen) atoms. The Balaban J connectivity index is 1.64. The van der Waals surface area contributed by atoms with E-state index >= 15 is 0 Å². The van der Waals surface area contributed by atoms with Crippen molar-refractivity contribution in [2.45, 2.75) is 38.0 Å². The van der Waals surface area contributed by atoms with Crippen molar-refractivity contribution in [1.82, 2.24) is 4.90 Å². The van der Waals surface area contributed by atoms with E-state index in [4.69, 9.17) is 9.84 Å². The Morgan fingerprint density at radius 2 is 2.45 bits per heavy atom. The van der Waals surface area contributed by atoms with Gasteiger partial charge in [0, 0.05) is 30.1 Å². The minimum atomic E-state index is -0.903. The summed E-state index contributed by atoms with van der Waals surface area (Å²) in [5, 5.41) is 10.7. The third-order valence-electron chi connectivity index (χ3n) is 4.05. The lowest BCUT2D eigenvalue weighted by atomic mass is 10.1. The predicted octanol–water partition coefficient (Wildman–Crippen LogP) is 2.60. The molecule has 1 aromatic heterocycles. The fourth-order valence-corrected chi connectivity index (χ4v) is 4.02. The van der Waals surface area contributed by atoms with Crippen molar-refractivity contribution < 1.29 is 14.6 Å². The molecule has 1 saturated heterocycles. The summed E-state index contributed by atoms with van der Waals surface area (Å²) >= 11 is 1.70. The average Bonchev–Trinajstić information content (AvgIpc) is 3.05. The third kappa shape index (κ3) is 3.11. The number of nitrogens with zero attached hydrogens (tertiary/aromatic N) is 1. The molecular weight excluding hydrogens is 274 g/mol. The highest BCUT2D eigenvalue weighted by molar-refractivity contribution is 7.10. The molecule has 3 rings (SSSR count). The third-order valence-corrected chi connectivity index (χ3v) is 4.99. The molecule has 1 saturated carbocycles. The molecule has 2 aliphatic rings. The van der Waals surface area contributed by atoms with Gasteiger partial charge in [-0.3, -0.25) is 4.90 Å². The van der Waals surface area contributed by atoms with Crippen molar-refractivity contribution >= 4 is 23.4 Å². The van der Waals surface area contributed by atoms with Crippen LogP contribution >= 0.6 is 11.3 Å².